The number of nitriles is 1. The topological polar surface area (TPSA) is 175 Å². The molecule has 3 aromatic heterocycles. The third-order valence-corrected chi connectivity index (χ3v) is 8.86. The fraction of sp³-hybridized carbons (Fsp3) is 0.436. The van der Waals surface area contributed by atoms with Crippen LogP contribution in [-0.2, 0) is 9.47 Å². The molecule has 0 N–H and O–H groups in total. The van der Waals surface area contributed by atoms with Crippen LogP contribution >= 0.6 is 0 Å². The van der Waals surface area contributed by atoms with Crippen molar-refractivity contribution < 1.29 is 33.3 Å². The maximum Gasteiger partial charge on any atom is 0.358 e. The Labute approximate surface area is 315 Å². The van der Waals surface area contributed by atoms with E-state index < -0.39 is 11.9 Å². The zero-order chi connectivity index (χ0) is 38.5. The van der Waals surface area contributed by atoms with Crippen molar-refractivity contribution in [3.05, 3.63) is 82.8 Å². The number of nitrogens with zero attached hydrogens (tertiary/aromatic N) is 8. The van der Waals surface area contributed by atoms with Gasteiger partial charge < -0.3 is 33.5 Å². The molecule has 0 unspecified atom stereocenters. The first-order valence-corrected chi connectivity index (χ1v) is 18.1. The molecule has 54 heavy (non-hydrogen) atoms. The Kier molecular flexibility index (Phi) is 13.9. The van der Waals surface area contributed by atoms with E-state index in [1.165, 1.54) is 0 Å². The van der Waals surface area contributed by atoms with Crippen LogP contribution in [0, 0.1) is 25.2 Å². The van der Waals surface area contributed by atoms with Gasteiger partial charge in [0.05, 0.1) is 38.2 Å². The van der Waals surface area contributed by atoms with Crippen LogP contribution in [0.1, 0.15) is 77.2 Å². The van der Waals surface area contributed by atoms with Crippen LogP contribution in [0.25, 0.3) is 0 Å². The van der Waals surface area contributed by atoms with Gasteiger partial charge in [-0.1, -0.05) is 6.07 Å². The molecule has 6 rings (SSSR count). The molecule has 0 spiro atoms. The number of rotatable bonds is 11. The zero-order valence-corrected chi connectivity index (χ0v) is 31.4. The van der Waals surface area contributed by atoms with Gasteiger partial charge in [0.25, 0.3) is 0 Å². The van der Waals surface area contributed by atoms with Crippen molar-refractivity contribution in [2.45, 2.75) is 65.6 Å². The van der Waals surface area contributed by atoms with Crippen molar-refractivity contribution in [2.75, 3.05) is 56.3 Å². The van der Waals surface area contributed by atoms with E-state index in [-0.39, 0.29) is 23.6 Å². The van der Waals surface area contributed by atoms with Crippen molar-refractivity contribution in [3.8, 4) is 23.4 Å². The number of carbonyl (C=O) groups excluding carboxylic acids is 2. The highest BCUT2D eigenvalue weighted by Gasteiger charge is 2.25. The first kappa shape index (κ1) is 39.2. The molecule has 4 aromatic rings. The summed E-state index contributed by atoms with van der Waals surface area (Å²) in [6, 6.07) is 16.4. The SMILES string of the molecule is CCOC(=O)c1cc(C)c(N2CCC(Oc3ccc(OC)nc3)CC2)nn1.CCOC(=O)c1cc(C)c(N2CCC(Oc3cccc(C#N)c3)CC2)nn1. The Morgan fingerprint density at radius 2 is 1.26 bits per heavy atom. The molecule has 15 nitrogen and oxygen atoms in total. The van der Waals surface area contributed by atoms with E-state index in [0.29, 0.717) is 24.7 Å². The minimum absolute atomic E-state index is 0.0993. The summed E-state index contributed by atoms with van der Waals surface area (Å²) in [5, 5.41) is 25.5. The summed E-state index contributed by atoms with van der Waals surface area (Å²) in [5.41, 5.74) is 2.87. The van der Waals surface area contributed by atoms with E-state index in [1.54, 1.807) is 57.5 Å². The van der Waals surface area contributed by atoms with Gasteiger partial charge in [0, 0.05) is 57.9 Å². The van der Waals surface area contributed by atoms with Gasteiger partial charge in [-0.2, -0.15) is 5.26 Å². The molecular formula is C39H46N8O7. The molecule has 0 aliphatic carbocycles. The average Bonchev–Trinajstić information content (AvgIpc) is 3.19. The Balaban J connectivity index is 0.000000208. The number of carbonyl (C=O) groups is 2. The molecule has 0 atom stereocenters. The zero-order valence-electron chi connectivity index (χ0n) is 31.4. The van der Waals surface area contributed by atoms with E-state index in [9.17, 15) is 9.59 Å². The third-order valence-electron chi connectivity index (χ3n) is 8.86. The molecule has 0 saturated carbocycles. The van der Waals surface area contributed by atoms with Crippen LogP contribution in [0.3, 0.4) is 0 Å². The molecule has 2 saturated heterocycles. The molecule has 5 heterocycles. The molecule has 15 heteroatoms. The number of ether oxygens (including phenoxy) is 5. The second-order valence-corrected chi connectivity index (χ2v) is 12.7. The maximum atomic E-state index is 11.8. The summed E-state index contributed by atoms with van der Waals surface area (Å²) in [4.78, 5) is 32.0. The van der Waals surface area contributed by atoms with Crippen molar-refractivity contribution >= 4 is 23.6 Å². The highest BCUT2D eigenvalue weighted by atomic mass is 16.5. The molecule has 0 radical (unpaired) electrons. The molecule has 284 valence electrons. The predicted octanol–water partition coefficient (Wildman–Crippen LogP) is 5.29. The predicted molar refractivity (Wildman–Crippen MR) is 199 cm³/mol. The summed E-state index contributed by atoms with van der Waals surface area (Å²) in [7, 11) is 1.59. The standard InChI is InChI=1S/C20H22N4O3.C19H24N4O4/c1-3-26-20(25)18-11-14(2)19(23-22-18)24-9-7-16(8-10-24)27-17-6-4-5-15(12-17)13-21;1-4-26-19(24)16-11-13(2)18(22-21-16)23-9-7-14(8-10-23)27-15-5-6-17(25-3)20-12-15/h4-6,11-12,16H,3,7-10H2,1-2H3;5-6,11-12,14H,4,7-10H2,1-3H3. The first-order chi connectivity index (χ1) is 26.2. The van der Waals surface area contributed by atoms with Crippen LogP contribution < -0.4 is 24.0 Å². The van der Waals surface area contributed by atoms with Crippen LogP contribution in [0.2, 0.25) is 0 Å². The monoisotopic (exact) mass is 738 g/mol. The Morgan fingerprint density at radius 1 is 0.741 bits per heavy atom. The first-order valence-electron chi connectivity index (χ1n) is 18.1. The van der Waals surface area contributed by atoms with Gasteiger partial charge in [-0.3, -0.25) is 0 Å². The molecule has 0 bridgehead atoms. The average molecular weight is 739 g/mol. The van der Waals surface area contributed by atoms with Gasteiger partial charge in [-0.05, 0) is 75.2 Å². The van der Waals surface area contributed by atoms with Crippen LogP contribution in [0.5, 0.6) is 17.4 Å². The van der Waals surface area contributed by atoms with Gasteiger partial charge in [0.2, 0.25) is 5.88 Å². The Bertz CT molecular complexity index is 1900. The quantitative estimate of drug-likeness (QED) is 0.181. The third kappa shape index (κ3) is 10.5. The molecule has 0 amide bonds. The lowest BCUT2D eigenvalue weighted by atomic mass is 10.1. The lowest BCUT2D eigenvalue weighted by Crippen LogP contribution is -2.39. The number of methoxy groups -OCH3 is 1. The number of esters is 2. The highest BCUT2D eigenvalue weighted by molar-refractivity contribution is 5.88. The fourth-order valence-corrected chi connectivity index (χ4v) is 6.14. The van der Waals surface area contributed by atoms with Crippen molar-refractivity contribution in [1.82, 2.24) is 25.4 Å². The van der Waals surface area contributed by atoms with Gasteiger partial charge >= 0.3 is 11.9 Å². The van der Waals surface area contributed by atoms with E-state index >= 15 is 0 Å². The lowest BCUT2D eigenvalue weighted by molar-refractivity contribution is 0.0508. The van der Waals surface area contributed by atoms with E-state index in [2.05, 4.69) is 41.2 Å². The minimum Gasteiger partial charge on any atom is -0.490 e. The summed E-state index contributed by atoms with van der Waals surface area (Å²) in [6.07, 6.45) is 5.33. The van der Waals surface area contributed by atoms with Crippen molar-refractivity contribution in [2.24, 2.45) is 0 Å². The number of aryl methyl sites for hydroxylation is 2. The second-order valence-electron chi connectivity index (χ2n) is 12.7. The number of hydrogen-bond donors (Lipinski definition) is 0. The molecule has 2 fully saturated rings. The Morgan fingerprint density at radius 3 is 1.69 bits per heavy atom. The number of anilines is 2. The maximum absolute atomic E-state index is 11.8. The summed E-state index contributed by atoms with van der Waals surface area (Å²) in [5.74, 6) is 2.72. The van der Waals surface area contributed by atoms with Gasteiger partial charge in [0.15, 0.2) is 23.0 Å². The van der Waals surface area contributed by atoms with Gasteiger partial charge in [-0.25, -0.2) is 14.6 Å². The lowest BCUT2D eigenvalue weighted by Gasteiger charge is -2.33. The van der Waals surface area contributed by atoms with E-state index in [0.717, 1.165) is 86.1 Å². The number of hydrogen-bond acceptors (Lipinski definition) is 15. The van der Waals surface area contributed by atoms with E-state index in [1.807, 2.05) is 32.0 Å². The molecular weight excluding hydrogens is 692 g/mol. The van der Waals surface area contributed by atoms with Gasteiger partial charge in [0.1, 0.15) is 23.7 Å². The number of aromatic nitrogens is 5. The fourth-order valence-electron chi connectivity index (χ4n) is 6.14. The van der Waals surface area contributed by atoms with Crippen molar-refractivity contribution in [3.63, 3.8) is 0 Å². The van der Waals surface area contributed by atoms with Crippen molar-refractivity contribution in [1.29, 1.82) is 5.26 Å². The number of pyridine rings is 1. The van der Waals surface area contributed by atoms with E-state index in [4.69, 9.17) is 28.9 Å². The number of piperidine rings is 2. The largest absolute Gasteiger partial charge is 0.490 e. The highest BCUT2D eigenvalue weighted by Crippen LogP contribution is 2.26. The molecule has 1 aromatic carbocycles. The Hall–Kier alpha value is -6.04. The number of benzene rings is 1. The van der Waals surface area contributed by atoms with Crippen LogP contribution in [-0.4, -0.2) is 96.0 Å². The molecule has 2 aliphatic heterocycles. The van der Waals surface area contributed by atoms with Crippen LogP contribution in [0.15, 0.2) is 54.7 Å². The minimum atomic E-state index is -0.452. The van der Waals surface area contributed by atoms with Gasteiger partial charge in [-0.15, -0.1) is 20.4 Å². The summed E-state index contributed by atoms with van der Waals surface area (Å²) < 4.78 is 27.0. The molecule has 2 aliphatic rings. The second kappa shape index (κ2) is 19.2. The summed E-state index contributed by atoms with van der Waals surface area (Å²) in [6.45, 7) is 11.2. The van der Waals surface area contributed by atoms with Crippen LogP contribution in [0.4, 0.5) is 11.6 Å². The normalized spacial score (nSPS) is 14.6. The summed E-state index contributed by atoms with van der Waals surface area (Å²) >= 11 is 0. The smallest absolute Gasteiger partial charge is 0.358 e.